The van der Waals surface area contributed by atoms with Crippen molar-refractivity contribution in [1.82, 2.24) is 20.6 Å². The molecular formula is C18H23FN4O3S. The van der Waals surface area contributed by atoms with E-state index in [2.05, 4.69) is 20.6 Å². The van der Waals surface area contributed by atoms with Gasteiger partial charge in [0.15, 0.2) is 0 Å². The summed E-state index contributed by atoms with van der Waals surface area (Å²) < 4.78 is 18.7. The fourth-order valence-electron chi connectivity index (χ4n) is 2.15. The van der Waals surface area contributed by atoms with Crippen molar-refractivity contribution >= 4 is 23.3 Å². The molecule has 9 heteroatoms. The zero-order valence-electron chi connectivity index (χ0n) is 15.8. The molecule has 0 saturated carbocycles. The normalized spacial score (nSPS) is 11.1. The van der Waals surface area contributed by atoms with Crippen molar-refractivity contribution in [2.75, 3.05) is 6.54 Å². The summed E-state index contributed by atoms with van der Waals surface area (Å²) in [6.45, 7) is 7.45. The van der Waals surface area contributed by atoms with E-state index in [0.717, 1.165) is 5.01 Å². The van der Waals surface area contributed by atoms with Crippen molar-refractivity contribution in [3.05, 3.63) is 45.4 Å². The monoisotopic (exact) mass is 394 g/mol. The van der Waals surface area contributed by atoms with Gasteiger partial charge in [-0.2, -0.15) is 0 Å². The molecule has 2 amide bonds. The van der Waals surface area contributed by atoms with E-state index in [-0.39, 0.29) is 18.1 Å². The molecule has 7 nitrogen and oxygen atoms in total. The molecule has 0 saturated heterocycles. The minimum absolute atomic E-state index is 0.00161. The fraction of sp³-hybridized carbons (Fsp3) is 0.444. The fourth-order valence-corrected chi connectivity index (χ4v) is 3.13. The molecule has 2 rings (SSSR count). The molecule has 0 atom stereocenters. The molecule has 27 heavy (non-hydrogen) atoms. The molecule has 0 aliphatic carbocycles. The number of carbonyl (C=O) groups is 2. The number of rotatable bonds is 6. The van der Waals surface area contributed by atoms with E-state index >= 15 is 0 Å². The molecule has 0 aromatic carbocycles. The lowest BCUT2D eigenvalue weighted by Crippen LogP contribution is -2.33. The minimum Gasteiger partial charge on any atom is -0.444 e. The lowest BCUT2D eigenvalue weighted by atomic mass is 10.2. The quantitative estimate of drug-likeness (QED) is 0.786. The number of hydrogen-bond acceptors (Lipinski definition) is 6. The van der Waals surface area contributed by atoms with Gasteiger partial charge in [0.1, 0.15) is 16.3 Å². The molecule has 2 heterocycles. The second-order valence-electron chi connectivity index (χ2n) is 6.82. The van der Waals surface area contributed by atoms with Gasteiger partial charge in [0.25, 0.3) is 5.91 Å². The summed E-state index contributed by atoms with van der Waals surface area (Å²) in [7, 11) is 0. The average molecular weight is 394 g/mol. The van der Waals surface area contributed by atoms with Crippen LogP contribution in [0.25, 0.3) is 0 Å². The first-order chi connectivity index (χ1) is 12.7. The Hall–Kier alpha value is -2.55. The average Bonchev–Trinajstić information content (AvgIpc) is 2.93. The third kappa shape index (κ3) is 6.59. The number of carbonyl (C=O) groups excluding carboxylic acids is 2. The Morgan fingerprint density at radius 1 is 1.30 bits per heavy atom. The molecule has 0 bridgehead atoms. The Labute approximate surface area is 161 Å². The smallest absolute Gasteiger partial charge is 0.407 e. The number of nitrogens with one attached hydrogen (secondary N) is 2. The van der Waals surface area contributed by atoms with E-state index in [1.54, 1.807) is 27.7 Å². The summed E-state index contributed by atoms with van der Waals surface area (Å²) in [5, 5.41) is 6.02. The summed E-state index contributed by atoms with van der Waals surface area (Å²) in [6, 6.07) is 2.79. The van der Waals surface area contributed by atoms with Crippen molar-refractivity contribution in [3.63, 3.8) is 0 Å². The van der Waals surface area contributed by atoms with E-state index < -0.39 is 17.5 Å². The zero-order valence-corrected chi connectivity index (χ0v) is 16.6. The van der Waals surface area contributed by atoms with Crippen LogP contribution in [0.4, 0.5) is 9.18 Å². The molecule has 146 valence electrons. The third-order valence-corrected chi connectivity index (χ3v) is 4.52. The Bertz CT molecular complexity index is 817. The van der Waals surface area contributed by atoms with Crippen LogP contribution in [-0.4, -0.2) is 34.1 Å². The number of nitrogens with zero attached hydrogens (tertiary/aromatic N) is 2. The largest absolute Gasteiger partial charge is 0.444 e. The standard InChI is InChI=1S/C18H23FN4O3S/c1-11-15(16(24)22-10-13-12(19)6-5-8-20-13)27-14(23-11)7-9-21-17(25)26-18(2,3)4/h5-6,8H,7,9-10H2,1-4H3,(H,21,25)(H,22,24). The number of aromatic nitrogens is 2. The molecule has 2 N–H and O–H groups in total. The van der Waals surface area contributed by atoms with Crippen LogP contribution in [0.1, 0.15) is 46.8 Å². The van der Waals surface area contributed by atoms with Crippen LogP contribution in [0.2, 0.25) is 0 Å². The van der Waals surface area contributed by atoms with Gasteiger partial charge in [-0.05, 0) is 39.8 Å². The van der Waals surface area contributed by atoms with Crippen molar-refractivity contribution in [3.8, 4) is 0 Å². The van der Waals surface area contributed by atoms with E-state index in [1.807, 2.05) is 0 Å². The Balaban J connectivity index is 1.87. The Morgan fingerprint density at radius 2 is 2.04 bits per heavy atom. The van der Waals surface area contributed by atoms with E-state index in [9.17, 15) is 14.0 Å². The predicted octanol–water partition coefficient (Wildman–Crippen LogP) is 2.98. The van der Waals surface area contributed by atoms with Gasteiger partial charge in [-0.3, -0.25) is 9.78 Å². The summed E-state index contributed by atoms with van der Waals surface area (Å²) in [5.41, 5.74) is 0.210. The van der Waals surface area contributed by atoms with Crippen LogP contribution in [0.5, 0.6) is 0 Å². The third-order valence-electron chi connectivity index (χ3n) is 3.31. The number of aryl methyl sites for hydroxylation is 1. The van der Waals surface area contributed by atoms with Crippen LogP contribution in [0.15, 0.2) is 18.3 Å². The first kappa shape index (κ1) is 20.8. The number of amides is 2. The SMILES string of the molecule is Cc1nc(CCNC(=O)OC(C)(C)C)sc1C(=O)NCc1ncccc1F. The van der Waals surface area contributed by atoms with E-state index in [4.69, 9.17) is 4.74 Å². The summed E-state index contributed by atoms with van der Waals surface area (Å²) in [6.07, 6.45) is 1.46. The van der Waals surface area contributed by atoms with Gasteiger partial charge in [-0.1, -0.05) is 0 Å². The van der Waals surface area contributed by atoms with E-state index in [0.29, 0.717) is 23.5 Å². The van der Waals surface area contributed by atoms with Crippen LogP contribution in [0, 0.1) is 12.7 Å². The lowest BCUT2D eigenvalue weighted by Gasteiger charge is -2.19. The number of alkyl carbamates (subject to hydrolysis) is 1. The molecule has 0 unspecified atom stereocenters. The van der Waals surface area contributed by atoms with Gasteiger partial charge in [0.05, 0.1) is 22.9 Å². The maximum atomic E-state index is 13.6. The number of halogens is 1. The maximum absolute atomic E-state index is 13.6. The van der Waals surface area contributed by atoms with Gasteiger partial charge in [-0.15, -0.1) is 11.3 Å². The minimum atomic E-state index is -0.555. The predicted molar refractivity (Wildman–Crippen MR) is 100 cm³/mol. The van der Waals surface area contributed by atoms with Crippen molar-refractivity contribution in [1.29, 1.82) is 0 Å². The van der Waals surface area contributed by atoms with Crippen molar-refractivity contribution in [2.45, 2.75) is 46.3 Å². The first-order valence-corrected chi connectivity index (χ1v) is 9.28. The zero-order chi connectivity index (χ0) is 20.0. The van der Waals surface area contributed by atoms with Crippen molar-refractivity contribution in [2.24, 2.45) is 0 Å². The van der Waals surface area contributed by atoms with Gasteiger partial charge >= 0.3 is 6.09 Å². The van der Waals surface area contributed by atoms with Gasteiger partial charge in [0.2, 0.25) is 0 Å². The van der Waals surface area contributed by atoms with Gasteiger partial charge in [-0.25, -0.2) is 14.2 Å². The highest BCUT2D eigenvalue weighted by molar-refractivity contribution is 7.13. The highest BCUT2D eigenvalue weighted by Crippen LogP contribution is 2.18. The Morgan fingerprint density at radius 3 is 2.70 bits per heavy atom. The molecule has 0 aliphatic rings. The molecule has 0 radical (unpaired) electrons. The number of pyridine rings is 1. The first-order valence-electron chi connectivity index (χ1n) is 8.46. The van der Waals surface area contributed by atoms with Crippen LogP contribution in [-0.2, 0) is 17.7 Å². The second kappa shape index (κ2) is 8.90. The highest BCUT2D eigenvalue weighted by Gasteiger charge is 2.18. The van der Waals surface area contributed by atoms with Gasteiger partial charge in [0, 0.05) is 19.2 Å². The number of hydrogen-bond donors (Lipinski definition) is 2. The Kier molecular flexibility index (Phi) is 6.84. The number of ether oxygens (including phenoxy) is 1. The van der Waals surface area contributed by atoms with Crippen molar-refractivity contribution < 1.29 is 18.7 Å². The molecule has 0 aliphatic heterocycles. The molecule has 0 fully saturated rings. The van der Waals surface area contributed by atoms with E-state index in [1.165, 1.54) is 29.7 Å². The lowest BCUT2D eigenvalue weighted by molar-refractivity contribution is 0.0528. The topological polar surface area (TPSA) is 93.2 Å². The summed E-state index contributed by atoms with van der Waals surface area (Å²) in [4.78, 5) is 32.7. The highest BCUT2D eigenvalue weighted by atomic mass is 32.1. The second-order valence-corrected chi connectivity index (χ2v) is 7.90. The summed E-state index contributed by atoms with van der Waals surface area (Å²) in [5.74, 6) is -0.797. The molecular weight excluding hydrogens is 371 g/mol. The van der Waals surface area contributed by atoms with Crippen LogP contribution >= 0.6 is 11.3 Å². The maximum Gasteiger partial charge on any atom is 0.407 e. The number of thiazole rings is 1. The molecule has 2 aromatic heterocycles. The van der Waals surface area contributed by atoms with Crippen LogP contribution in [0.3, 0.4) is 0 Å². The molecule has 2 aromatic rings. The van der Waals surface area contributed by atoms with Crippen LogP contribution < -0.4 is 10.6 Å². The molecule has 0 spiro atoms. The van der Waals surface area contributed by atoms with Gasteiger partial charge < -0.3 is 15.4 Å². The summed E-state index contributed by atoms with van der Waals surface area (Å²) >= 11 is 1.24.